The zero-order valence-electron chi connectivity index (χ0n) is 8.45. The SMILES string of the molecule is [N-]=[N+]=NCC=Cc1cccc(F)c1C(F)(F)F. The highest BCUT2D eigenvalue weighted by Crippen LogP contribution is 2.34. The van der Waals surface area contributed by atoms with Gasteiger partial charge in [0, 0.05) is 11.5 Å². The quantitative estimate of drug-likeness (QED) is 0.332. The van der Waals surface area contributed by atoms with Gasteiger partial charge in [-0.3, -0.25) is 0 Å². The van der Waals surface area contributed by atoms with E-state index < -0.39 is 17.6 Å². The minimum absolute atomic E-state index is 0.0929. The van der Waals surface area contributed by atoms with E-state index in [1.165, 1.54) is 12.1 Å². The second-order valence-electron chi connectivity index (χ2n) is 3.02. The summed E-state index contributed by atoms with van der Waals surface area (Å²) in [6, 6.07) is 3.06. The fourth-order valence-corrected chi connectivity index (χ4v) is 1.24. The van der Waals surface area contributed by atoms with Crippen molar-refractivity contribution >= 4 is 6.08 Å². The summed E-state index contributed by atoms with van der Waals surface area (Å²) >= 11 is 0. The Kier molecular flexibility index (Phi) is 4.12. The third-order valence-electron chi connectivity index (χ3n) is 1.88. The molecule has 0 fully saturated rings. The maximum Gasteiger partial charge on any atom is 0.419 e. The lowest BCUT2D eigenvalue weighted by atomic mass is 10.1. The standard InChI is InChI=1S/C10H7F4N3/c11-8-5-1-3-7(4-2-6-16-17-15)9(8)10(12,13)14/h1-5H,6H2. The highest BCUT2D eigenvalue weighted by molar-refractivity contribution is 5.55. The minimum atomic E-state index is -4.76. The summed E-state index contributed by atoms with van der Waals surface area (Å²) in [6.07, 6.45) is -2.46. The van der Waals surface area contributed by atoms with Crippen LogP contribution in [0.25, 0.3) is 16.5 Å². The van der Waals surface area contributed by atoms with Crippen LogP contribution in [0.5, 0.6) is 0 Å². The summed E-state index contributed by atoms with van der Waals surface area (Å²) in [5, 5.41) is 3.12. The van der Waals surface area contributed by atoms with E-state index in [1.54, 1.807) is 0 Å². The van der Waals surface area contributed by atoms with Crippen LogP contribution in [0, 0.1) is 5.82 Å². The van der Waals surface area contributed by atoms with Crippen LogP contribution in [-0.2, 0) is 6.18 Å². The molecule has 3 nitrogen and oxygen atoms in total. The maximum absolute atomic E-state index is 13.1. The second kappa shape index (κ2) is 5.36. The van der Waals surface area contributed by atoms with Crippen molar-refractivity contribution in [2.45, 2.75) is 6.18 Å². The molecule has 0 heterocycles. The Morgan fingerprint density at radius 2 is 2.06 bits per heavy atom. The van der Waals surface area contributed by atoms with E-state index in [-0.39, 0.29) is 12.1 Å². The molecule has 0 atom stereocenters. The van der Waals surface area contributed by atoms with Gasteiger partial charge in [0.2, 0.25) is 0 Å². The van der Waals surface area contributed by atoms with Crippen molar-refractivity contribution in [1.29, 1.82) is 0 Å². The lowest BCUT2D eigenvalue weighted by molar-refractivity contribution is -0.140. The third kappa shape index (κ3) is 3.49. The number of azide groups is 1. The Morgan fingerprint density at radius 3 is 2.65 bits per heavy atom. The Morgan fingerprint density at radius 1 is 1.35 bits per heavy atom. The molecule has 0 aliphatic carbocycles. The number of nitrogens with zero attached hydrogens (tertiary/aromatic N) is 3. The van der Waals surface area contributed by atoms with Crippen LogP contribution in [0.1, 0.15) is 11.1 Å². The Balaban J connectivity index is 3.11. The molecular weight excluding hydrogens is 238 g/mol. The molecular formula is C10H7F4N3. The molecule has 0 unspecified atom stereocenters. The van der Waals surface area contributed by atoms with Gasteiger partial charge in [-0.05, 0) is 17.2 Å². The van der Waals surface area contributed by atoms with E-state index >= 15 is 0 Å². The predicted molar refractivity (Wildman–Crippen MR) is 54.4 cm³/mol. The average molecular weight is 245 g/mol. The monoisotopic (exact) mass is 245 g/mol. The Labute approximate surface area is 94.0 Å². The third-order valence-corrected chi connectivity index (χ3v) is 1.88. The van der Waals surface area contributed by atoms with Crippen LogP contribution in [0.3, 0.4) is 0 Å². The van der Waals surface area contributed by atoms with E-state index in [1.807, 2.05) is 0 Å². The molecule has 1 rings (SSSR count). The summed E-state index contributed by atoms with van der Waals surface area (Å²) in [6.45, 7) is -0.0929. The first-order valence-electron chi connectivity index (χ1n) is 4.50. The zero-order valence-corrected chi connectivity index (χ0v) is 8.45. The van der Waals surface area contributed by atoms with Gasteiger partial charge in [0.15, 0.2) is 0 Å². The van der Waals surface area contributed by atoms with Crippen LogP contribution in [0.15, 0.2) is 29.4 Å². The first-order valence-corrected chi connectivity index (χ1v) is 4.50. The largest absolute Gasteiger partial charge is 0.419 e. The second-order valence-corrected chi connectivity index (χ2v) is 3.02. The summed E-state index contributed by atoms with van der Waals surface area (Å²) in [5.74, 6) is -1.33. The minimum Gasteiger partial charge on any atom is -0.206 e. The Bertz CT molecular complexity index is 473. The van der Waals surface area contributed by atoms with Crippen LogP contribution in [0.2, 0.25) is 0 Å². The van der Waals surface area contributed by atoms with Gasteiger partial charge in [-0.2, -0.15) is 13.2 Å². The van der Waals surface area contributed by atoms with Gasteiger partial charge < -0.3 is 0 Å². The van der Waals surface area contributed by atoms with Crippen molar-refractivity contribution in [2.24, 2.45) is 5.11 Å². The summed E-state index contributed by atoms with van der Waals surface area (Å²) in [4.78, 5) is 2.43. The van der Waals surface area contributed by atoms with Gasteiger partial charge in [-0.25, -0.2) is 4.39 Å². The van der Waals surface area contributed by atoms with Gasteiger partial charge in [0.05, 0.1) is 5.56 Å². The summed E-state index contributed by atoms with van der Waals surface area (Å²) < 4.78 is 50.7. The van der Waals surface area contributed by atoms with Gasteiger partial charge in [0.1, 0.15) is 5.82 Å². The highest BCUT2D eigenvalue weighted by atomic mass is 19.4. The van der Waals surface area contributed by atoms with E-state index in [4.69, 9.17) is 5.53 Å². The van der Waals surface area contributed by atoms with Crippen molar-refractivity contribution in [3.05, 3.63) is 51.7 Å². The normalized spacial score (nSPS) is 11.5. The topological polar surface area (TPSA) is 48.8 Å². The number of hydrogen-bond acceptors (Lipinski definition) is 1. The fourth-order valence-electron chi connectivity index (χ4n) is 1.24. The lowest BCUT2D eigenvalue weighted by Gasteiger charge is -2.10. The molecule has 0 N–H and O–H groups in total. The van der Waals surface area contributed by atoms with E-state index in [2.05, 4.69) is 10.0 Å². The van der Waals surface area contributed by atoms with Crippen LogP contribution in [-0.4, -0.2) is 6.54 Å². The number of alkyl halides is 3. The van der Waals surface area contributed by atoms with Crippen molar-refractivity contribution < 1.29 is 17.6 Å². The van der Waals surface area contributed by atoms with Crippen LogP contribution in [0.4, 0.5) is 17.6 Å². The molecule has 1 aromatic rings. The van der Waals surface area contributed by atoms with Crippen LogP contribution < -0.4 is 0 Å². The molecule has 7 heteroatoms. The van der Waals surface area contributed by atoms with Gasteiger partial charge in [-0.1, -0.05) is 29.4 Å². The molecule has 17 heavy (non-hydrogen) atoms. The number of halogens is 4. The molecule has 0 bridgehead atoms. The summed E-state index contributed by atoms with van der Waals surface area (Å²) in [5.41, 5.74) is 6.35. The Hall–Kier alpha value is -2.01. The molecule has 0 aliphatic heterocycles. The predicted octanol–water partition coefficient (Wildman–Crippen LogP) is 4.17. The smallest absolute Gasteiger partial charge is 0.206 e. The first kappa shape index (κ1) is 13.1. The number of benzene rings is 1. The molecule has 0 aromatic heterocycles. The molecule has 90 valence electrons. The van der Waals surface area contributed by atoms with Gasteiger partial charge >= 0.3 is 6.18 Å². The molecule has 0 saturated heterocycles. The van der Waals surface area contributed by atoms with Crippen molar-refractivity contribution in [3.63, 3.8) is 0 Å². The molecule has 0 radical (unpaired) electrons. The maximum atomic E-state index is 13.1. The van der Waals surface area contributed by atoms with Crippen molar-refractivity contribution in [3.8, 4) is 0 Å². The molecule has 0 amide bonds. The first-order chi connectivity index (χ1) is 7.96. The zero-order chi connectivity index (χ0) is 12.9. The van der Waals surface area contributed by atoms with E-state index in [0.29, 0.717) is 0 Å². The highest BCUT2D eigenvalue weighted by Gasteiger charge is 2.35. The molecule has 0 aliphatic rings. The van der Waals surface area contributed by atoms with Crippen LogP contribution >= 0.6 is 0 Å². The van der Waals surface area contributed by atoms with Gasteiger partial charge in [-0.15, -0.1) is 0 Å². The molecule has 0 saturated carbocycles. The van der Waals surface area contributed by atoms with E-state index in [0.717, 1.165) is 18.2 Å². The van der Waals surface area contributed by atoms with E-state index in [9.17, 15) is 17.6 Å². The lowest BCUT2D eigenvalue weighted by Crippen LogP contribution is -2.10. The van der Waals surface area contributed by atoms with Crippen molar-refractivity contribution in [2.75, 3.05) is 6.54 Å². The molecule has 1 aromatic carbocycles. The number of rotatable bonds is 3. The van der Waals surface area contributed by atoms with Gasteiger partial charge in [0.25, 0.3) is 0 Å². The molecule has 0 spiro atoms. The van der Waals surface area contributed by atoms with Crippen molar-refractivity contribution in [1.82, 2.24) is 0 Å². The average Bonchev–Trinajstić information content (AvgIpc) is 2.22. The number of hydrogen-bond donors (Lipinski definition) is 0. The fraction of sp³-hybridized carbons (Fsp3) is 0.200. The summed E-state index contributed by atoms with van der Waals surface area (Å²) in [7, 11) is 0.